The lowest BCUT2D eigenvalue weighted by Crippen LogP contribution is -2.20. The molecule has 0 unspecified atom stereocenters. The number of benzene rings is 2. The van der Waals surface area contributed by atoms with Crippen molar-refractivity contribution in [1.29, 1.82) is 5.26 Å². The molecule has 0 heterocycles. The number of halogens is 2. The van der Waals surface area contributed by atoms with Gasteiger partial charge < -0.3 is 10.1 Å². The van der Waals surface area contributed by atoms with Crippen LogP contribution in [0.1, 0.15) is 15.9 Å². The van der Waals surface area contributed by atoms with Gasteiger partial charge in [-0.15, -0.1) is 0 Å². The number of nitrogens with one attached hydrogen (secondary N) is 1. The number of anilines is 1. The van der Waals surface area contributed by atoms with E-state index in [1.807, 2.05) is 6.07 Å². The average molecular weight is 349 g/mol. The monoisotopic (exact) mass is 348 g/mol. The maximum Gasteiger partial charge on any atom is 0.338 e. The smallest absolute Gasteiger partial charge is 0.338 e. The van der Waals surface area contributed by atoms with E-state index in [4.69, 9.17) is 33.2 Å². The number of ether oxygens (including phenoxy) is 1. The molecule has 0 bridgehead atoms. The number of nitrogens with zero attached hydrogens (tertiary/aromatic N) is 1. The zero-order valence-electron chi connectivity index (χ0n) is 11.7. The molecule has 0 aliphatic carbocycles. The van der Waals surface area contributed by atoms with Gasteiger partial charge in [0.2, 0.25) is 0 Å². The molecule has 0 aromatic heterocycles. The molecule has 0 saturated heterocycles. The molecule has 2 aromatic rings. The first-order valence-electron chi connectivity index (χ1n) is 6.42. The van der Waals surface area contributed by atoms with Gasteiger partial charge in [-0.1, -0.05) is 29.3 Å². The Balaban J connectivity index is 1.92. The van der Waals surface area contributed by atoms with Gasteiger partial charge in [0, 0.05) is 5.69 Å². The predicted molar refractivity (Wildman–Crippen MR) is 86.5 cm³/mol. The molecule has 0 fully saturated rings. The third-order valence-electron chi connectivity index (χ3n) is 2.77. The molecule has 2 aromatic carbocycles. The van der Waals surface area contributed by atoms with Gasteiger partial charge in [0.15, 0.2) is 6.61 Å². The lowest BCUT2D eigenvalue weighted by molar-refractivity contribution is -0.119. The molecule has 1 amide bonds. The number of rotatable bonds is 4. The lowest BCUT2D eigenvalue weighted by Gasteiger charge is -2.07. The Labute approximate surface area is 142 Å². The van der Waals surface area contributed by atoms with Gasteiger partial charge in [0.05, 0.1) is 27.2 Å². The van der Waals surface area contributed by atoms with E-state index in [9.17, 15) is 9.59 Å². The highest BCUT2D eigenvalue weighted by molar-refractivity contribution is 6.42. The van der Waals surface area contributed by atoms with Gasteiger partial charge in [0.25, 0.3) is 5.91 Å². The summed E-state index contributed by atoms with van der Waals surface area (Å²) in [6.07, 6.45) is 0. The zero-order chi connectivity index (χ0) is 16.8. The quantitative estimate of drug-likeness (QED) is 0.855. The van der Waals surface area contributed by atoms with Gasteiger partial charge in [0.1, 0.15) is 0 Å². The van der Waals surface area contributed by atoms with Crippen molar-refractivity contribution in [1.82, 2.24) is 0 Å². The summed E-state index contributed by atoms with van der Waals surface area (Å²) >= 11 is 11.6. The number of hydrogen-bond donors (Lipinski definition) is 1. The second kappa shape index (κ2) is 7.63. The van der Waals surface area contributed by atoms with Gasteiger partial charge in [-0.25, -0.2) is 4.79 Å². The third-order valence-corrected chi connectivity index (χ3v) is 3.50. The molecular weight excluding hydrogens is 339 g/mol. The highest BCUT2D eigenvalue weighted by atomic mass is 35.5. The van der Waals surface area contributed by atoms with E-state index in [2.05, 4.69) is 5.32 Å². The standard InChI is InChI=1S/C16H10Cl2N2O3/c17-13-5-4-12(7-14(13)18)20-15(21)9-23-16(22)11-3-1-2-10(6-11)8-19/h1-7H,9H2,(H,20,21). The normalized spacial score (nSPS) is 9.78. The molecule has 0 aliphatic rings. The fourth-order valence-electron chi connectivity index (χ4n) is 1.70. The van der Waals surface area contributed by atoms with Crippen molar-refractivity contribution >= 4 is 40.8 Å². The minimum atomic E-state index is -0.689. The minimum absolute atomic E-state index is 0.200. The Kier molecular flexibility index (Phi) is 5.58. The second-order valence-electron chi connectivity index (χ2n) is 4.45. The Bertz CT molecular complexity index is 800. The summed E-state index contributed by atoms with van der Waals surface area (Å²) in [4.78, 5) is 23.6. The first kappa shape index (κ1) is 16.8. The maximum atomic E-state index is 11.8. The minimum Gasteiger partial charge on any atom is -0.452 e. The number of nitriles is 1. The van der Waals surface area contributed by atoms with Crippen LogP contribution in [0, 0.1) is 11.3 Å². The van der Waals surface area contributed by atoms with Crippen molar-refractivity contribution in [3.8, 4) is 6.07 Å². The van der Waals surface area contributed by atoms with Crippen LogP contribution >= 0.6 is 23.2 Å². The topological polar surface area (TPSA) is 79.2 Å². The van der Waals surface area contributed by atoms with E-state index < -0.39 is 18.5 Å². The van der Waals surface area contributed by atoms with Crippen LogP contribution in [0.4, 0.5) is 5.69 Å². The molecule has 0 aliphatic heterocycles. The number of hydrogen-bond acceptors (Lipinski definition) is 4. The number of carbonyl (C=O) groups excluding carboxylic acids is 2. The molecule has 5 nitrogen and oxygen atoms in total. The first-order valence-corrected chi connectivity index (χ1v) is 7.17. The van der Waals surface area contributed by atoms with E-state index in [0.29, 0.717) is 21.3 Å². The summed E-state index contributed by atoms with van der Waals surface area (Å²) in [5.74, 6) is -1.21. The van der Waals surface area contributed by atoms with Crippen LogP contribution in [0.3, 0.4) is 0 Å². The zero-order valence-corrected chi connectivity index (χ0v) is 13.2. The van der Waals surface area contributed by atoms with Crippen LogP contribution in [-0.4, -0.2) is 18.5 Å². The molecule has 2 rings (SSSR count). The molecule has 7 heteroatoms. The summed E-state index contributed by atoms with van der Waals surface area (Å²) in [6, 6.07) is 12.5. The van der Waals surface area contributed by atoms with Crippen molar-refractivity contribution in [3.63, 3.8) is 0 Å². The third kappa shape index (κ3) is 4.71. The molecule has 23 heavy (non-hydrogen) atoms. The van der Waals surface area contributed by atoms with Gasteiger partial charge in [-0.3, -0.25) is 4.79 Å². The molecule has 0 saturated carbocycles. The van der Waals surface area contributed by atoms with Crippen molar-refractivity contribution < 1.29 is 14.3 Å². The summed E-state index contributed by atoms with van der Waals surface area (Å²) < 4.78 is 4.90. The Hall–Kier alpha value is -2.55. The largest absolute Gasteiger partial charge is 0.452 e. The fraction of sp³-hybridized carbons (Fsp3) is 0.0625. The summed E-state index contributed by atoms with van der Waals surface area (Å²) in [7, 11) is 0. The molecule has 1 N–H and O–H groups in total. The van der Waals surface area contributed by atoms with Crippen molar-refractivity contribution in [2.45, 2.75) is 0 Å². The second-order valence-corrected chi connectivity index (χ2v) is 5.26. The highest BCUT2D eigenvalue weighted by Crippen LogP contribution is 2.24. The lowest BCUT2D eigenvalue weighted by atomic mass is 10.1. The summed E-state index contributed by atoms with van der Waals surface area (Å²) in [5, 5.41) is 12.0. The van der Waals surface area contributed by atoms with Crippen LogP contribution in [-0.2, 0) is 9.53 Å². The highest BCUT2D eigenvalue weighted by Gasteiger charge is 2.11. The summed E-state index contributed by atoms with van der Waals surface area (Å²) in [6.45, 7) is -0.462. The van der Waals surface area contributed by atoms with E-state index >= 15 is 0 Å². The van der Waals surface area contributed by atoms with Crippen LogP contribution < -0.4 is 5.32 Å². The van der Waals surface area contributed by atoms with E-state index in [1.165, 1.54) is 18.2 Å². The SMILES string of the molecule is N#Cc1cccc(C(=O)OCC(=O)Nc2ccc(Cl)c(Cl)c2)c1. The average Bonchev–Trinajstić information content (AvgIpc) is 2.56. The number of esters is 1. The van der Waals surface area contributed by atoms with Crippen molar-refractivity contribution in [2.24, 2.45) is 0 Å². The van der Waals surface area contributed by atoms with E-state index in [1.54, 1.807) is 24.3 Å². The van der Waals surface area contributed by atoms with Crippen LogP contribution in [0.2, 0.25) is 10.0 Å². The van der Waals surface area contributed by atoms with Crippen molar-refractivity contribution in [3.05, 3.63) is 63.6 Å². The Morgan fingerprint density at radius 3 is 2.61 bits per heavy atom. The number of carbonyl (C=O) groups is 2. The van der Waals surface area contributed by atoms with E-state index in [-0.39, 0.29) is 5.56 Å². The molecule has 0 atom stereocenters. The van der Waals surface area contributed by atoms with Crippen LogP contribution in [0.25, 0.3) is 0 Å². The molecule has 0 spiro atoms. The van der Waals surface area contributed by atoms with Crippen LogP contribution in [0.5, 0.6) is 0 Å². The maximum absolute atomic E-state index is 11.8. The fourth-order valence-corrected chi connectivity index (χ4v) is 2.00. The van der Waals surface area contributed by atoms with E-state index in [0.717, 1.165) is 0 Å². The molecular formula is C16H10Cl2N2O3. The van der Waals surface area contributed by atoms with Crippen molar-refractivity contribution in [2.75, 3.05) is 11.9 Å². The Morgan fingerprint density at radius 2 is 1.91 bits per heavy atom. The molecule has 116 valence electrons. The number of amides is 1. The van der Waals surface area contributed by atoms with Crippen LogP contribution in [0.15, 0.2) is 42.5 Å². The first-order chi connectivity index (χ1) is 11.0. The Morgan fingerprint density at radius 1 is 1.13 bits per heavy atom. The van der Waals surface area contributed by atoms with Gasteiger partial charge in [-0.05, 0) is 36.4 Å². The van der Waals surface area contributed by atoms with Gasteiger partial charge >= 0.3 is 5.97 Å². The predicted octanol–water partition coefficient (Wildman–Crippen LogP) is 3.66. The molecule has 0 radical (unpaired) electrons. The summed E-state index contributed by atoms with van der Waals surface area (Å²) in [5.41, 5.74) is 0.970. The van der Waals surface area contributed by atoms with Gasteiger partial charge in [-0.2, -0.15) is 5.26 Å².